The Morgan fingerprint density at radius 3 is 2.92 bits per heavy atom. The van der Waals surface area contributed by atoms with E-state index in [4.69, 9.17) is 5.11 Å². The molecule has 1 aromatic rings. The number of amides is 1. The molecule has 2 N–H and O–H groups in total. The molecule has 0 saturated heterocycles. The number of hydrogen-bond acceptors (Lipinski definition) is 4. The SMILES string of the molecule is O=CNC=Nc1ccc(O)cc1S. The Labute approximate surface area is 80.7 Å². The highest BCUT2D eigenvalue weighted by molar-refractivity contribution is 7.80. The average Bonchev–Trinajstić information content (AvgIpc) is 2.09. The second-order valence-electron chi connectivity index (χ2n) is 2.22. The number of nitrogens with zero attached hydrogens (tertiary/aromatic N) is 1. The molecule has 0 aliphatic carbocycles. The lowest BCUT2D eigenvalue weighted by molar-refractivity contribution is -0.108. The number of carbonyl (C=O) groups excluding carboxylic acids is 1. The van der Waals surface area contributed by atoms with Crippen molar-refractivity contribution in [2.24, 2.45) is 4.99 Å². The number of benzene rings is 1. The van der Waals surface area contributed by atoms with Gasteiger partial charge in [0.05, 0.1) is 12.0 Å². The summed E-state index contributed by atoms with van der Waals surface area (Å²) in [6.07, 6.45) is 1.77. The molecule has 4 nitrogen and oxygen atoms in total. The first-order valence-corrected chi connectivity index (χ1v) is 3.93. The Hall–Kier alpha value is -1.49. The third-order valence-electron chi connectivity index (χ3n) is 1.31. The van der Waals surface area contributed by atoms with E-state index < -0.39 is 0 Å². The minimum Gasteiger partial charge on any atom is -0.508 e. The molecule has 1 rings (SSSR count). The summed E-state index contributed by atoms with van der Waals surface area (Å²) in [6.45, 7) is 0. The van der Waals surface area contributed by atoms with Gasteiger partial charge in [-0.25, -0.2) is 4.99 Å². The van der Waals surface area contributed by atoms with Crippen LogP contribution in [0.2, 0.25) is 0 Å². The zero-order chi connectivity index (χ0) is 9.68. The normalized spacial score (nSPS) is 10.2. The molecule has 1 amide bonds. The maximum absolute atomic E-state index is 9.87. The van der Waals surface area contributed by atoms with Crippen molar-refractivity contribution in [3.8, 4) is 5.75 Å². The third-order valence-corrected chi connectivity index (χ3v) is 1.66. The number of aliphatic imine (C=N–C) groups is 1. The minimum absolute atomic E-state index is 0.132. The van der Waals surface area contributed by atoms with E-state index in [9.17, 15) is 4.79 Å². The van der Waals surface area contributed by atoms with Gasteiger partial charge in [0.25, 0.3) is 0 Å². The quantitative estimate of drug-likeness (QED) is 0.293. The highest BCUT2D eigenvalue weighted by Gasteiger charge is 1.96. The van der Waals surface area contributed by atoms with Gasteiger partial charge in [-0.1, -0.05) is 0 Å². The van der Waals surface area contributed by atoms with E-state index in [1.165, 1.54) is 18.5 Å². The zero-order valence-corrected chi connectivity index (χ0v) is 7.53. The summed E-state index contributed by atoms with van der Waals surface area (Å²) in [4.78, 5) is 14.3. The molecule has 0 fully saturated rings. The van der Waals surface area contributed by atoms with Crippen LogP contribution in [0.3, 0.4) is 0 Å². The Morgan fingerprint density at radius 2 is 2.31 bits per heavy atom. The van der Waals surface area contributed by atoms with Crippen LogP contribution in [0.1, 0.15) is 0 Å². The van der Waals surface area contributed by atoms with Crippen LogP contribution in [-0.4, -0.2) is 17.9 Å². The Bertz CT molecular complexity index is 339. The van der Waals surface area contributed by atoms with Crippen LogP contribution in [0.15, 0.2) is 28.1 Å². The number of nitrogens with one attached hydrogen (secondary N) is 1. The van der Waals surface area contributed by atoms with Gasteiger partial charge < -0.3 is 10.4 Å². The maximum atomic E-state index is 9.87. The van der Waals surface area contributed by atoms with Crippen LogP contribution in [-0.2, 0) is 4.79 Å². The first-order valence-electron chi connectivity index (χ1n) is 3.48. The summed E-state index contributed by atoms with van der Waals surface area (Å²) in [5, 5.41) is 11.3. The van der Waals surface area contributed by atoms with E-state index in [-0.39, 0.29) is 5.75 Å². The van der Waals surface area contributed by atoms with Crippen molar-refractivity contribution in [2.75, 3.05) is 0 Å². The van der Waals surface area contributed by atoms with Gasteiger partial charge in [-0.05, 0) is 18.2 Å². The summed E-state index contributed by atoms with van der Waals surface area (Å²) < 4.78 is 0. The fraction of sp³-hybridized carbons (Fsp3) is 0. The zero-order valence-electron chi connectivity index (χ0n) is 6.64. The van der Waals surface area contributed by atoms with Crippen molar-refractivity contribution in [1.29, 1.82) is 0 Å². The average molecular weight is 196 g/mol. The van der Waals surface area contributed by atoms with Crippen molar-refractivity contribution in [1.82, 2.24) is 5.32 Å². The summed E-state index contributed by atoms with van der Waals surface area (Å²) in [5.74, 6) is 0.132. The molecule has 0 spiro atoms. The molecule has 0 saturated carbocycles. The van der Waals surface area contributed by atoms with Gasteiger partial charge >= 0.3 is 0 Å². The van der Waals surface area contributed by atoms with Gasteiger partial charge in [0.1, 0.15) is 5.75 Å². The van der Waals surface area contributed by atoms with Crippen LogP contribution in [0.4, 0.5) is 5.69 Å². The number of rotatable bonds is 3. The summed E-state index contributed by atoms with van der Waals surface area (Å²) in [7, 11) is 0. The maximum Gasteiger partial charge on any atom is 0.212 e. The predicted octanol–water partition coefficient (Wildman–Crippen LogP) is 1.09. The molecule has 1 aromatic carbocycles. The van der Waals surface area contributed by atoms with E-state index in [2.05, 4.69) is 22.9 Å². The van der Waals surface area contributed by atoms with Gasteiger partial charge in [-0.2, -0.15) is 0 Å². The molecular weight excluding hydrogens is 188 g/mol. The molecule has 68 valence electrons. The van der Waals surface area contributed by atoms with Crippen molar-refractivity contribution in [2.45, 2.75) is 4.90 Å². The van der Waals surface area contributed by atoms with Gasteiger partial charge in [0.2, 0.25) is 6.41 Å². The smallest absolute Gasteiger partial charge is 0.212 e. The van der Waals surface area contributed by atoms with Crippen molar-refractivity contribution >= 4 is 31.1 Å². The van der Waals surface area contributed by atoms with Crippen molar-refractivity contribution in [3.05, 3.63) is 18.2 Å². The molecule has 0 atom stereocenters. The van der Waals surface area contributed by atoms with E-state index in [0.29, 0.717) is 17.0 Å². The van der Waals surface area contributed by atoms with Crippen LogP contribution in [0.25, 0.3) is 0 Å². The van der Waals surface area contributed by atoms with E-state index >= 15 is 0 Å². The number of carbonyl (C=O) groups is 1. The van der Waals surface area contributed by atoms with Crippen molar-refractivity contribution in [3.63, 3.8) is 0 Å². The van der Waals surface area contributed by atoms with Crippen molar-refractivity contribution < 1.29 is 9.90 Å². The fourth-order valence-electron chi connectivity index (χ4n) is 0.758. The number of hydrogen-bond donors (Lipinski definition) is 3. The van der Waals surface area contributed by atoms with Crippen LogP contribution in [0, 0.1) is 0 Å². The monoisotopic (exact) mass is 196 g/mol. The second kappa shape index (κ2) is 4.51. The van der Waals surface area contributed by atoms with Gasteiger partial charge in [-0.3, -0.25) is 4.79 Å². The molecule has 13 heavy (non-hydrogen) atoms. The first kappa shape index (κ1) is 9.60. The number of thiol groups is 1. The lowest BCUT2D eigenvalue weighted by Gasteiger charge is -1.98. The highest BCUT2D eigenvalue weighted by atomic mass is 32.1. The van der Waals surface area contributed by atoms with E-state index in [1.807, 2.05) is 0 Å². The van der Waals surface area contributed by atoms with Gasteiger partial charge in [0, 0.05) is 4.90 Å². The van der Waals surface area contributed by atoms with Crippen LogP contribution < -0.4 is 5.32 Å². The summed E-state index contributed by atoms with van der Waals surface area (Å²) >= 11 is 4.08. The largest absolute Gasteiger partial charge is 0.508 e. The first-order chi connectivity index (χ1) is 6.24. The van der Waals surface area contributed by atoms with Gasteiger partial charge in [-0.15, -0.1) is 12.6 Å². The molecular formula is C8H8N2O2S. The van der Waals surface area contributed by atoms with Crippen LogP contribution >= 0.6 is 12.6 Å². The summed E-state index contributed by atoms with van der Waals surface area (Å²) in [6, 6.07) is 4.56. The number of phenols is 1. The predicted molar refractivity (Wildman–Crippen MR) is 52.7 cm³/mol. The molecule has 0 aliphatic rings. The number of phenolic OH excluding ortho intramolecular Hbond substituents is 1. The fourth-order valence-corrected chi connectivity index (χ4v) is 1.02. The molecule has 0 radical (unpaired) electrons. The molecule has 0 bridgehead atoms. The van der Waals surface area contributed by atoms with E-state index in [0.717, 1.165) is 0 Å². The second-order valence-corrected chi connectivity index (χ2v) is 2.70. The molecule has 0 unspecified atom stereocenters. The molecule has 0 aliphatic heterocycles. The molecule has 0 aromatic heterocycles. The Kier molecular flexibility index (Phi) is 3.33. The Balaban J connectivity index is 2.83. The third kappa shape index (κ3) is 2.79. The van der Waals surface area contributed by atoms with Crippen LogP contribution in [0.5, 0.6) is 5.75 Å². The molecule has 5 heteroatoms. The lowest BCUT2D eigenvalue weighted by atomic mass is 10.3. The molecule has 0 heterocycles. The topological polar surface area (TPSA) is 61.7 Å². The number of aromatic hydroxyl groups is 1. The lowest BCUT2D eigenvalue weighted by Crippen LogP contribution is -2.05. The van der Waals surface area contributed by atoms with E-state index in [1.54, 1.807) is 6.07 Å². The highest BCUT2D eigenvalue weighted by Crippen LogP contribution is 2.26. The Morgan fingerprint density at radius 1 is 1.54 bits per heavy atom. The standard InChI is InChI=1S/C8H8N2O2S/c11-5-9-4-10-7-2-1-6(12)3-8(7)13/h1-5,12-13H,(H,9,10,11). The van der Waals surface area contributed by atoms with Gasteiger partial charge in [0.15, 0.2) is 0 Å². The minimum atomic E-state index is 0.132. The summed E-state index contributed by atoms with van der Waals surface area (Å²) in [5.41, 5.74) is 0.579.